The van der Waals surface area contributed by atoms with Crippen molar-refractivity contribution in [2.75, 3.05) is 6.61 Å². The van der Waals surface area contributed by atoms with Crippen LogP contribution in [-0.2, 0) is 6.42 Å². The Balaban J connectivity index is 1.68. The molecule has 0 saturated carbocycles. The number of ether oxygens (including phenoxy) is 1. The van der Waals surface area contributed by atoms with Crippen molar-refractivity contribution in [3.8, 4) is 5.75 Å². The molecule has 2 aromatic carbocycles. The van der Waals surface area contributed by atoms with Gasteiger partial charge in [0.2, 0.25) is 0 Å². The molecule has 1 nitrogen and oxygen atoms in total. The predicted molar refractivity (Wildman–Crippen MR) is 75.7 cm³/mol. The highest BCUT2D eigenvalue weighted by Gasteiger charge is 2.00. The summed E-state index contributed by atoms with van der Waals surface area (Å²) in [5.74, 6) is 0.256. The molecule has 0 aliphatic heterocycles. The second-order valence-corrected chi connectivity index (χ2v) is 4.54. The standard InChI is InChI=1S/C17H18FO/c1-14-10-11-16(13-17(14)18)19-12-6-5-9-15-7-3-2-4-8-15/h2-4,7-8,10-11,13H,1,5-6,9,12H2. The summed E-state index contributed by atoms with van der Waals surface area (Å²) in [5, 5.41) is 0. The Morgan fingerprint density at radius 1 is 1.00 bits per heavy atom. The molecule has 0 unspecified atom stereocenters. The van der Waals surface area contributed by atoms with Crippen LogP contribution in [0, 0.1) is 12.7 Å². The van der Waals surface area contributed by atoms with Gasteiger partial charge in [-0.15, -0.1) is 0 Å². The van der Waals surface area contributed by atoms with E-state index in [1.54, 1.807) is 12.1 Å². The smallest absolute Gasteiger partial charge is 0.130 e. The molecule has 2 aromatic rings. The SMILES string of the molecule is [CH2]c1ccc(OCCCCc2ccccc2)cc1F. The molecule has 0 aliphatic carbocycles. The molecule has 2 rings (SSSR count). The van der Waals surface area contributed by atoms with E-state index in [2.05, 4.69) is 31.2 Å². The summed E-state index contributed by atoms with van der Waals surface area (Å²) >= 11 is 0. The van der Waals surface area contributed by atoms with Crippen molar-refractivity contribution in [2.24, 2.45) is 0 Å². The first-order chi connectivity index (χ1) is 9.25. The zero-order valence-corrected chi connectivity index (χ0v) is 10.9. The van der Waals surface area contributed by atoms with E-state index in [0.29, 0.717) is 17.9 Å². The molecule has 0 atom stereocenters. The molecule has 2 heteroatoms. The fourth-order valence-corrected chi connectivity index (χ4v) is 1.88. The summed E-state index contributed by atoms with van der Waals surface area (Å²) in [6.07, 6.45) is 3.08. The number of benzene rings is 2. The van der Waals surface area contributed by atoms with Gasteiger partial charge in [-0.05, 0) is 43.4 Å². The highest BCUT2D eigenvalue weighted by molar-refractivity contribution is 5.30. The van der Waals surface area contributed by atoms with Crippen LogP contribution in [0.2, 0.25) is 0 Å². The van der Waals surface area contributed by atoms with E-state index < -0.39 is 0 Å². The van der Waals surface area contributed by atoms with Gasteiger partial charge in [-0.3, -0.25) is 0 Å². The van der Waals surface area contributed by atoms with Crippen molar-refractivity contribution in [1.29, 1.82) is 0 Å². The van der Waals surface area contributed by atoms with Crippen LogP contribution in [0.3, 0.4) is 0 Å². The van der Waals surface area contributed by atoms with Crippen molar-refractivity contribution < 1.29 is 9.13 Å². The minimum absolute atomic E-state index is 0.318. The van der Waals surface area contributed by atoms with Gasteiger partial charge in [0.25, 0.3) is 0 Å². The molecule has 0 aromatic heterocycles. The average Bonchev–Trinajstić information content (AvgIpc) is 2.43. The van der Waals surface area contributed by atoms with E-state index in [-0.39, 0.29) is 5.82 Å². The monoisotopic (exact) mass is 257 g/mol. The van der Waals surface area contributed by atoms with Crippen LogP contribution >= 0.6 is 0 Å². The predicted octanol–water partition coefficient (Wildman–Crippen LogP) is 4.41. The average molecular weight is 257 g/mol. The Bertz CT molecular complexity index is 508. The molecular formula is C17H18FO. The van der Waals surface area contributed by atoms with Crippen LogP contribution < -0.4 is 4.74 Å². The Labute approximate surface area is 114 Å². The second-order valence-electron chi connectivity index (χ2n) is 4.54. The summed E-state index contributed by atoms with van der Waals surface area (Å²) < 4.78 is 18.7. The zero-order chi connectivity index (χ0) is 13.5. The van der Waals surface area contributed by atoms with Gasteiger partial charge in [0.05, 0.1) is 6.61 Å². The van der Waals surface area contributed by atoms with Gasteiger partial charge in [0.1, 0.15) is 11.6 Å². The minimum atomic E-state index is -0.318. The fourth-order valence-electron chi connectivity index (χ4n) is 1.88. The van der Waals surface area contributed by atoms with Crippen LogP contribution in [0.25, 0.3) is 0 Å². The van der Waals surface area contributed by atoms with Crippen molar-refractivity contribution >= 4 is 0 Å². The van der Waals surface area contributed by atoms with Crippen molar-refractivity contribution in [3.63, 3.8) is 0 Å². The summed E-state index contributed by atoms with van der Waals surface area (Å²) in [6, 6.07) is 15.2. The van der Waals surface area contributed by atoms with Gasteiger partial charge < -0.3 is 4.74 Å². The second kappa shape index (κ2) is 6.93. The Morgan fingerprint density at radius 3 is 2.53 bits per heavy atom. The van der Waals surface area contributed by atoms with E-state index in [9.17, 15) is 4.39 Å². The van der Waals surface area contributed by atoms with Gasteiger partial charge >= 0.3 is 0 Å². The third-order valence-corrected chi connectivity index (χ3v) is 3.00. The van der Waals surface area contributed by atoms with Gasteiger partial charge in [0.15, 0.2) is 0 Å². The maximum atomic E-state index is 13.2. The topological polar surface area (TPSA) is 9.23 Å². The third kappa shape index (κ3) is 4.40. The van der Waals surface area contributed by atoms with Gasteiger partial charge in [-0.1, -0.05) is 36.4 Å². The maximum Gasteiger partial charge on any atom is 0.130 e. The van der Waals surface area contributed by atoms with E-state index in [1.165, 1.54) is 11.6 Å². The molecule has 0 aliphatic rings. The van der Waals surface area contributed by atoms with E-state index in [4.69, 9.17) is 4.74 Å². The number of unbranched alkanes of at least 4 members (excludes halogenated alkanes) is 1. The van der Waals surface area contributed by atoms with Gasteiger partial charge in [0, 0.05) is 6.07 Å². The Morgan fingerprint density at radius 2 is 1.79 bits per heavy atom. The lowest BCUT2D eigenvalue weighted by Crippen LogP contribution is -1.99. The quantitative estimate of drug-likeness (QED) is 0.696. The lowest BCUT2D eigenvalue weighted by molar-refractivity contribution is 0.305. The number of hydrogen-bond acceptors (Lipinski definition) is 1. The van der Waals surface area contributed by atoms with Crippen molar-refractivity contribution in [1.82, 2.24) is 0 Å². The molecule has 0 fully saturated rings. The highest BCUT2D eigenvalue weighted by Crippen LogP contribution is 2.16. The van der Waals surface area contributed by atoms with E-state index in [0.717, 1.165) is 19.3 Å². The van der Waals surface area contributed by atoms with Crippen LogP contribution in [0.5, 0.6) is 5.75 Å². The summed E-state index contributed by atoms with van der Waals surface area (Å²) in [4.78, 5) is 0. The first-order valence-corrected chi connectivity index (χ1v) is 6.54. The minimum Gasteiger partial charge on any atom is -0.493 e. The van der Waals surface area contributed by atoms with Crippen molar-refractivity contribution in [2.45, 2.75) is 19.3 Å². The lowest BCUT2D eigenvalue weighted by atomic mass is 10.1. The molecule has 0 spiro atoms. The number of aryl methyl sites for hydroxylation is 1. The summed E-state index contributed by atoms with van der Waals surface area (Å²) in [5.41, 5.74) is 1.74. The maximum absolute atomic E-state index is 13.2. The van der Waals surface area contributed by atoms with E-state index in [1.807, 2.05) is 6.07 Å². The molecular weight excluding hydrogens is 239 g/mol. The zero-order valence-electron chi connectivity index (χ0n) is 10.9. The van der Waals surface area contributed by atoms with Gasteiger partial charge in [-0.25, -0.2) is 4.39 Å². The lowest BCUT2D eigenvalue weighted by Gasteiger charge is -2.07. The molecule has 99 valence electrons. The van der Waals surface area contributed by atoms with Crippen LogP contribution in [-0.4, -0.2) is 6.61 Å². The summed E-state index contributed by atoms with van der Waals surface area (Å²) in [6.45, 7) is 4.19. The molecule has 0 amide bonds. The first-order valence-electron chi connectivity index (χ1n) is 6.54. The van der Waals surface area contributed by atoms with E-state index >= 15 is 0 Å². The molecule has 0 heterocycles. The largest absolute Gasteiger partial charge is 0.493 e. The Hall–Kier alpha value is -1.83. The van der Waals surface area contributed by atoms with Crippen LogP contribution in [0.15, 0.2) is 48.5 Å². The number of halogens is 1. The molecule has 0 bridgehead atoms. The Kier molecular flexibility index (Phi) is 4.96. The van der Waals surface area contributed by atoms with Gasteiger partial charge in [-0.2, -0.15) is 0 Å². The number of hydrogen-bond donors (Lipinski definition) is 0. The molecule has 19 heavy (non-hydrogen) atoms. The first kappa shape index (κ1) is 13.6. The fraction of sp³-hybridized carbons (Fsp3) is 0.235. The molecule has 1 radical (unpaired) electrons. The highest BCUT2D eigenvalue weighted by atomic mass is 19.1. The van der Waals surface area contributed by atoms with Crippen molar-refractivity contribution in [3.05, 3.63) is 72.4 Å². The normalized spacial score (nSPS) is 10.4. The number of rotatable bonds is 6. The molecule has 0 N–H and O–H groups in total. The molecule has 0 saturated heterocycles. The summed E-state index contributed by atoms with van der Waals surface area (Å²) in [7, 11) is 0. The third-order valence-electron chi connectivity index (χ3n) is 3.00. The van der Waals surface area contributed by atoms with Crippen LogP contribution in [0.1, 0.15) is 24.0 Å². The van der Waals surface area contributed by atoms with Crippen LogP contribution in [0.4, 0.5) is 4.39 Å².